The molecular weight excluding hydrogens is 417 g/mol. The smallest absolute Gasteiger partial charge is 0.257 e. The number of hydrogen-bond donors (Lipinski definition) is 0. The van der Waals surface area contributed by atoms with E-state index in [2.05, 4.69) is 28.2 Å². The molecule has 6 nitrogen and oxygen atoms in total. The second-order valence-electron chi connectivity index (χ2n) is 8.26. The van der Waals surface area contributed by atoms with Crippen molar-refractivity contribution in [2.24, 2.45) is 5.92 Å². The second-order valence-corrected chi connectivity index (χ2v) is 8.26. The Morgan fingerprint density at radius 2 is 2.09 bits per heavy atom. The third kappa shape index (κ3) is 5.83. The largest absolute Gasteiger partial charge is 0.340 e. The summed E-state index contributed by atoms with van der Waals surface area (Å²) in [5.74, 6) is -0.0791. The van der Waals surface area contributed by atoms with E-state index in [9.17, 15) is 9.18 Å². The summed E-state index contributed by atoms with van der Waals surface area (Å²) in [7, 11) is 0. The van der Waals surface area contributed by atoms with Gasteiger partial charge in [-0.1, -0.05) is 36.4 Å². The van der Waals surface area contributed by atoms with Crippen molar-refractivity contribution in [3.63, 3.8) is 0 Å². The van der Waals surface area contributed by atoms with Crippen molar-refractivity contribution in [3.8, 4) is 17.3 Å². The first kappa shape index (κ1) is 24.1. The first-order valence-corrected chi connectivity index (χ1v) is 11.3. The summed E-state index contributed by atoms with van der Waals surface area (Å²) in [6.07, 6.45) is 10.9. The van der Waals surface area contributed by atoms with Crippen molar-refractivity contribution in [1.82, 2.24) is 14.9 Å². The van der Waals surface area contributed by atoms with E-state index in [1.165, 1.54) is 12.3 Å². The van der Waals surface area contributed by atoms with Gasteiger partial charge in [0.15, 0.2) is 0 Å². The van der Waals surface area contributed by atoms with Gasteiger partial charge in [0.2, 0.25) is 5.95 Å². The summed E-state index contributed by atoms with van der Waals surface area (Å²) in [6.45, 7) is 7.48. The van der Waals surface area contributed by atoms with Crippen molar-refractivity contribution < 1.29 is 9.18 Å². The number of allylic oxidation sites excluding steroid dienone is 3. The van der Waals surface area contributed by atoms with Gasteiger partial charge in [0.05, 0.1) is 23.7 Å². The Kier molecular flexibility index (Phi) is 8.31. The number of carbonyl (C=O) groups excluding carboxylic acids is 1. The Balaban J connectivity index is 2.04. The molecule has 0 aliphatic heterocycles. The maximum Gasteiger partial charge on any atom is 0.257 e. The molecule has 33 heavy (non-hydrogen) atoms. The number of nitrogens with zero attached hydrogens (tertiary/aromatic N) is 5. The van der Waals surface area contributed by atoms with Crippen LogP contribution in [-0.4, -0.2) is 46.5 Å². The van der Waals surface area contributed by atoms with E-state index in [-0.39, 0.29) is 34.7 Å². The third-order valence-electron chi connectivity index (χ3n) is 5.68. The number of halogens is 1. The molecule has 2 aromatic rings. The molecule has 1 aromatic heterocycles. The van der Waals surface area contributed by atoms with Crippen molar-refractivity contribution in [1.29, 1.82) is 5.26 Å². The normalized spacial score (nSPS) is 14.8. The Labute approximate surface area is 195 Å². The molecule has 1 atom stereocenters. The van der Waals surface area contributed by atoms with Crippen LogP contribution in [0.1, 0.15) is 44.0 Å². The van der Waals surface area contributed by atoms with Crippen LogP contribution in [0, 0.1) is 23.1 Å². The zero-order valence-electron chi connectivity index (χ0n) is 19.4. The van der Waals surface area contributed by atoms with Crippen molar-refractivity contribution in [3.05, 3.63) is 66.1 Å². The molecule has 0 fully saturated rings. The number of carbonyl (C=O) groups is 1. The van der Waals surface area contributed by atoms with E-state index in [1.807, 2.05) is 37.8 Å². The number of hydrogen-bond acceptors (Lipinski definition) is 5. The van der Waals surface area contributed by atoms with Crippen LogP contribution in [0.2, 0.25) is 0 Å². The lowest BCUT2D eigenvalue weighted by molar-refractivity contribution is 0.0685. The van der Waals surface area contributed by atoms with Crippen molar-refractivity contribution in [2.75, 3.05) is 24.5 Å². The van der Waals surface area contributed by atoms with Crippen LogP contribution in [0.25, 0.3) is 11.3 Å². The number of rotatable bonds is 9. The Morgan fingerprint density at radius 1 is 1.30 bits per heavy atom. The minimum Gasteiger partial charge on any atom is -0.340 e. The summed E-state index contributed by atoms with van der Waals surface area (Å²) in [6, 6.07) is 8.39. The highest BCUT2D eigenvalue weighted by Crippen LogP contribution is 2.28. The maximum absolute atomic E-state index is 14.8. The van der Waals surface area contributed by atoms with Gasteiger partial charge in [-0.15, -0.1) is 0 Å². The topological polar surface area (TPSA) is 73.1 Å². The fourth-order valence-electron chi connectivity index (χ4n) is 3.83. The minimum absolute atomic E-state index is 0.0484. The van der Waals surface area contributed by atoms with Crippen LogP contribution in [-0.2, 0) is 0 Å². The SMILES string of the molecule is CCN(CCC#N)c1ncc(C(=O)N(CC2C=CC=CC2)C(C)C)c(-c2ccccc2F)n1. The first-order chi connectivity index (χ1) is 16.0. The first-order valence-electron chi connectivity index (χ1n) is 11.3. The van der Waals surface area contributed by atoms with Gasteiger partial charge in [0, 0.05) is 37.4 Å². The molecule has 0 saturated carbocycles. The quantitative estimate of drug-likeness (QED) is 0.541. The van der Waals surface area contributed by atoms with E-state index < -0.39 is 5.82 Å². The van der Waals surface area contributed by atoms with Gasteiger partial charge in [-0.25, -0.2) is 14.4 Å². The number of nitriles is 1. The lowest BCUT2D eigenvalue weighted by Gasteiger charge is -2.31. The standard InChI is InChI=1S/C26H30FN5O/c1-4-31(16-10-15-28)26-29-17-22(24(30-26)21-13-8-9-14-23(21)27)25(33)32(19(2)3)18-20-11-6-5-7-12-20/h5-9,11,13-14,17,19-20H,4,10,12,16,18H2,1-3H3. The molecule has 1 heterocycles. The predicted molar refractivity (Wildman–Crippen MR) is 128 cm³/mol. The van der Waals surface area contributed by atoms with Gasteiger partial charge < -0.3 is 9.80 Å². The monoisotopic (exact) mass is 447 g/mol. The van der Waals surface area contributed by atoms with Gasteiger partial charge in [0.1, 0.15) is 5.82 Å². The molecule has 1 aliphatic carbocycles. The van der Waals surface area contributed by atoms with Gasteiger partial charge in [0.25, 0.3) is 5.91 Å². The van der Waals surface area contributed by atoms with Gasteiger partial charge in [-0.3, -0.25) is 4.79 Å². The number of benzene rings is 1. The molecule has 1 aromatic carbocycles. The zero-order chi connectivity index (χ0) is 23.8. The van der Waals surface area contributed by atoms with Crippen LogP contribution in [0.4, 0.5) is 10.3 Å². The van der Waals surface area contributed by atoms with Gasteiger partial charge in [-0.2, -0.15) is 5.26 Å². The molecule has 7 heteroatoms. The van der Waals surface area contributed by atoms with E-state index in [1.54, 1.807) is 23.1 Å². The molecule has 0 bridgehead atoms. The summed E-state index contributed by atoms with van der Waals surface area (Å²) in [5.41, 5.74) is 0.789. The Bertz CT molecular complexity index is 1070. The van der Waals surface area contributed by atoms with Crippen LogP contribution in [0.5, 0.6) is 0 Å². The summed E-state index contributed by atoms with van der Waals surface area (Å²) >= 11 is 0. The molecule has 0 radical (unpaired) electrons. The summed E-state index contributed by atoms with van der Waals surface area (Å²) in [4.78, 5) is 26.4. The average Bonchev–Trinajstić information content (AvgIpc) is 2.83. The van der Waals surface area contributed by atoms with Gasteiger partial charge in [-0.05, 0) is 45.2 Å². The Morgan fingerprint density at radius 3 is 2.73 bits per heavy atom. The molecule has 0 spiro atoms. The second kappa shape index (κ2) is 11.4. The van der Waals surface area contributed by atoms with E-state index >= 15 is 0 Å². The molecule has 3 rings (SSSR count). The molecule has 1 aliphatic rings. The van der Waals surface area contributed by atoms with Crippen LogP contribution >= 0.6 is 0 Å². The maximum atomic E-state index is 14.8. The molecule has 1 unspecified atom stereocenters. The lowest BCUT2D eigenvalue weighted by Crippen LogP contribution is -2.40. The summed E-state index contributed by atoms with van der Waals surface area (Å²) in [5, 5.41) is 8.96. The van der Waals surface area contributed by atoms with Crippen molar-refractivity contribution in [2.45, 2.75) is 39.7 Å². The van der Waals surface area contributed by atoms with E-state index in [0.29, 0.717) is 32.0 Å². The molecule has 0 saturated heterocycles. The van der Waals surface area contributed by atoms with E-state index in [0.717, 1.165) is 6.42 Å². The highest BCUT2D eigenvalue weighted by molar-refractivity contribution is 6.00. The fourth-order valence-corrected chi connectivity index (χ4v) is 3.83. The molecule has 0 N–H and O–H groups in total. The summed E-state index contributed by atoms with van der Waals surface area (Å²) < 4.78 is 14.8. The minimum atomic E-state index is -0.451. The van der Waals surface area contributed by atoms with Crippen molar-refractivity contribution >= 4 is 11.9 Å². The zero-order valence-corrected chi connectivity index (χ0v) is 19.4. The van der Waals surface area contributed by atoms with Crippen LogP contribution in [0.3, 0.4) is 0 Å². The molecular formula is C26H30FN5O. The lowest BCUT2D eigenvalue weighted by atomic mass is 9.98. The van der Waals surface area contributed by atoms with Crippen LogP contribution < -0.4 is 4.90 Å². The number of anilines is 1. The predicted octanol–water partition coefficient (Wildman–Crippen LogP) is 5.01. The molecule has 1 amide bonds. The average molecular weight is 448 g/mol. The van der Waals surface area contributed by atoms with Gasteiger partial charge >= 0.3 is 0 Å². The fraction of sp³-hybridized carbons (Fsp3) is 0.385. The molecule has 172 valence electrons. The van der Waals surface area contributed by atoms with Crippen LogP contribution in [0.15, 0.2) is 54.8 Å². The Hall–Kier alpha value is -3.53. The highest BCUT2D eigenvalue weighted by Gasteiger charge is 2.27. The number of amides is 1. The highest BCUT2D eigenvalue weighted by atomic mass is 19.1. The number of aromatic nitrogens is 2. The van der Waals surface area contributed by atoms with E-state index in [4.69, 9.17) is 5.26 Å². The third-order valence-corrected chi connectivity index (χ3v) is 5.68.